The van der Waals surface area contributed by atoms with Gasteiger partial charge in [0.25, 0.3) is 0 Å². The maximum absolute atomic E-state index is 5.52. The third-order valence-corrected chi connectivity index (χ3v) is 3.70. The van der Waals surface area contributed by atoms with Crippen LogP contribution in [0.5, 0.6) is 0 Å². The summed E-state index contributed by atoms with van der Waals surface area (Å²) in [5.74, 6) is 1.03. The average molecular weight is 252 g/mol. The van der Waals surface area contributed by atoms with Crippen LogP contribution in [0.25, 0.3) is 0 Å². The van der Waals surface area contributed by atoms with Gasteiger partial charge in [-0.05, 0) is 38.4 Å². The molecule has 0 aromatic carbocycles. The van der Waals surface area contributed by atoms with E-state index in [1.54, 1.807) is 13.4 Å². The minimum absolute atomic E-state index is 0.303. The van der Waals surface area contributed by atoms with E-state index < -0.39 is 0 Å². The van der Waals surface area contributed by atoms with Gasteiger partial charge >= 0.3 is 0 Å². The Balaban J connectivity index is 1.94. The van der Waals surface area contributed by atoms with E-state index in [2.05, 4.69) is 17.1 Å². The Morgan fingerprint density at radius 3 is 3.11 bits per heavy atom. The highest BCUT2D eigenvalue weighted by molar-refractivity contribution is 5.03. The molecule has 102 valence electrons. The van der Waals surface area contributed by atoms with Crippen LogP contribution in [-0.4, -0.2) is 44.3 Å². The molecule has 18 heavy (non-hydrogen) atoms. The molecule has 2 heterocycles. The summed E-state index contributed by atoms with van der Waals surface area (Å²) in [7, 11) is 1.75. The number of hydrogen-bond donors (Lipinski definition) is 1. The van der Waals surface area contributed by atoms with E-state index >= 15 is 0 Å². The fourth-order valence-electron chi connectivity index (χ4n) is 2.56. The lowest BCUT2D eigenvalue weighted by atomic mass is 10.1. The van der Waals surface area contributed by atoms with Gasteiger partial charge in [0.2, 0.25) is 0 Å². The van der Waals surface area contributed by atoms with Gasteiger partial charge in [-0.2, -0.15) is 0 Å². The minimum atomic E-state index is 0.303. The Bertz CT molecular complexity index is 321. The number of hydrogen-bond acceptors (Lipinski definition) is 4. The minimum Gasteiger partial charge on any atom is -0.468 e. The van der Waals surface area contributed by atoms with Crippen LogP contribution < -0.4 is 5.32 Å². The van der Waals surface area contributed by atoms with Crippen molar-refractivity contribution >= 4 is 0 Å². The molecule has 1 fully saturated rings. The van der Waals surface area contributed by atoms with Crippen molar-refractivity contribution in [2.24, 2.45) is 0 Å². The SMILES string of the molecule is COCCN(CC1CCCN1)C(C)c1ccco1. The quantitative estimate of drug-likeness (QED) is 0.806. The molecular weight excluding hydrogens is 228 g/mol. The first-order chi connectivity index (χ1) is 8.81. The van der Waals surface area contributed by atoms with Gasteiger partial charge in [-0.25, -0.2) is 0 Å². The smallest absolute Gasteiger partial charge is 0.120 e. The van der Waals surface area contributed by atoms with Crippen molar-refractivity contribution in [2.75, 3.05) is 33.4 Å². The molecule has 4 nitrogen and oxygen atoms in total. The molecule has 1 aromatic rings. The van der Waals surface area contributed by atoms with Crippen molar-refractivity contribution in [1.82, 2.24) is 10.2 Å². The van der Waals surface area contributed by atoms with Gasteiger partial charge in [-0.3, -0.25) is 4.90 Å². The highest BCUT2D eigenvalue weighted by atomic mass is 16.5. The highest BCUT2D eigenvalue weighted by Gasteiger charge is 2.23. The van der Waals surface area contributed by atoms with Gasteiger partial charge in [-0.1, -0.05) is 0 Å². The first-order valence-electron chi connectivity index (χ1n) is 6.81. The van der Waals surface area contributed by atoms with Gasteiger partial charge in [0, 0.05) is 26.2 Å². The number of methoxy groups -OCH3 is 1. The second-order valence-electron chi connectivity index (χ2n) is 4.97. The van der Waals surface area contributed by atoms with Gasteiger partial charge in [-0.15, -0.1) is 0 Å². The zero-order chi connectivity index (χ0) is 12.8. The van der Waals surface area contributed by atoms with E-state index in [1.807, 2.05) is 12.1 Å². The van der Waals surface area contributed by atoms with Crippen LogP contribution >= 0.6 is 0 Å². The summed E-state index contributed by atoms with van der Waals surface area (Å²) in [5, 5.41) is 3.55. The third-order valence-electron chi connectivity index (χ3n) is 3.70. The lowest BCUT2D eigenvalue weighted by Crippen LogP contribution is -2.40. The van der Waals surface area contributed by atoms with Gasteiger partial charge in [0.05, 0.1) is 18.9 Å². The Morgan fingerprint density at radius 2 is 2.50 bits per heavy atom. The summed E-state index contributed by atoms with van der Waals surface area (Å²) in [6.07, 6.45) is 4.31. The third kappa shape index (κ3) is 3.57. The predicted molar refractivity (Wildman–Crippen MR) is 71.6 cm³/mol. The summed E-state index contributed by atoms with van der Waals surface area (Å²) in [6.45, 7) is 6.11. The van der Waals surface area contributed by atoms with Crippen LogP contribution in [0.1, 0.15) is 31.6 Å². The van der Waals surface area contributed by atoms with E-state index in [9.17, 15) is 0 Å². The molecular formula is C14H24N2O2. The molecule has 2 atom stereocenters. The van der Waals surface area contributed by atoms with Gasteiger partial charge in [0.1, 0.15) is 5.76 Å². The van der Waals surface area contributed by atoms with Crippen molar-refractivity contribution in [2.45, 2.75) is 31.8 Å². The molecule has 1 saturated heterocycles. The monoisotopic (exact) mass is 252 g/mol. The Morgan fingerprint density at radius 1 is 1.61 bits per heavy atom. The fraction of sp³-hybridized carbons (Fsp3) is 0.714. The number of ether oxygens (including phenoxy) is 1. The van der Waals surface area contributed by atoms with Crippen LogP contribution in [0, 0.1) is 0 Å². The summed E-state index contributed by atoms with van der Waals surface area (Å²) in [4.78, 5) is 2.44. The maximum atomic E-state index is 5.52. The first-order valence-corrected chi connectivity index (χ1v) is 6.81. The molecule has 0 spiro atoms. The maximum Gasteiger partial charge on any atom is 0.120 e. The molecule has 0 aliphatic carbocycles. The zero-order valence-corrected chi connectivity index (χ0v) is 11.4. The number of rotatable bonds is 7. The number of furan rings is 1. The second-order valence-corrected chi connectivity index (χ2v) is 4.97. The van der Waals surface area contributed by atoms with E-state index in [1.165, 1.54) is 12.8 Å². The molecule has 1 aliphatic rings. The molecule has 0 amide bonds. The van der Waals surface area contributed by atoms with Crippen LogP contribution in [0.3, 0.4) is 0 Å². The van der Waals surface area contributed by atoms with Crippen molar-refractivity contribution < 1.29 is 9.15 Å². The number of nitrogens with one attached hydrogen (secondary N) is 1. The molecule has 0 saturated carbocycles. The standard InChI is InChI=1S/C14H24N2O2/c1-12(14-6-4-9-18-14)16(8-10-17-2)11-13-5-3-7-15-13/h4,6,9,12-13,15H,3,5,7-8,10-11H2,1-2H3. The molecule has 1 N–H and O–H groups in total. The summed E-state index contributed by atoms with van der Waals surface area (Å²) >= 11 is 0. The van der Waals surface area contributed by atoms with Crippen molar-refractivity contribution in [3.8, 4) is 0 Å². The zero-order valence-electron chi connectivity index (χ0n) is 11.4. The van der Waals surface area contributed by atoms with E-state index in [4.69, 9.17) is 9.15 Å². The van der Waals surface area contributed by atoms with Gasteiger partial charge in [0.15, 0.2) is 0 Å². The first kappa shape index (κ1) is 13.6. The number of nitrogens with zero attached hydrogens (tertiary/aromatic N) is 1. The van der Waals surface area contributed by atoms with Crippen molar-refractivity contribution in [1.29, 1.82) is 0 Å². The molecule has 2 unspecified atom stereocenters. The normalized spacial score (nSPS) is 21.6. The van der Waals surface area contributed by atoms with Crippen LogP contribution in [-0.2, 0) is 4.74 Å². The molecule has 2 rings (SSSR count). The lowest BCUT2D eigenvalue weighted by molar-refractivity contribution is 0.110. The summed E-state index contributed by atoms with van der Waals surface area (Å²) in [6, 6.07) is 4.91. The van der Waals surface area contributed by atoms with Crippen molar-refractivity contribution in [3.05, 3.63) is 24.2 Å². The Labute approximate surface area is 109 Å². The second kappa shape index (κ2) is 6.92. The molecule has 0 radical (unpaired) electrons. The summed E-state index contributed by atoms with van der Waals surface area (Å²) in [5.41, 5.74) is 0. The van der Waals surface area contributed by atoms with Crippen LogP contribution in [0.4, 0.5) is 0 Å². The average Bonchev–Trinajstić information content (AvgIpc) is 3.06. The largest absolute Gasteiger partial charge is 0.468 e. The lowest BCUT2D eigenvalue weighted by Gasteiger charge is -2.30. The fourth-order valence-corrected chi connectivity index (χ4v) is 2.56. The van der Waals surface area contributed by atoms with E-state index in [-0.39, 0.29) is 0 Å². The molecule has 1 aromatic heterocycles. The Kier molecular flexibility index (Phi) is 5.23. The van der Waals surface area contributed by atoms with E-state index in [0.29, 0.717) is 12.1 Å². The summed E-state index contributed by atoms with van der Waals surface area (Å²) < 4.78 is 10.7. The highest BCUT2D eigenvalue weighted by Crippen LogP contribution is 2.21. The Hall–Kier alpha value is -0.840. The van der Waals surface area contributed by atoms with Gasteiger partial charge < -0.3 is 14.5 Å². The molecule has 4 heteroatoms. The van der Waals surface area contributed by atoms with Crippen molar-refractivity contribution in [3.63, 3.8) is 0 Å². The van der Waals surface area contributed by atoms with Crippen LogP contribution in [0.15, 0.2) is 22.8 Å². The van der Waals surface area contributed by atoms with E-state index in [0.717, 1.165) is 32.0 Å². The predicted octanol–water partition coefficient (Wildman–Crippen LogP) is 2.04. The van der Waals surface area contributed by atoms with Crippen LogP contribution in [0.2, 0.25) is 0 Å². The topological polar surface area (TPSA) is 37.6 Å². The molecule has 0 bridgehead atoms. The molecule has 1 aliphatic heterocycles.